The first kappa shape index (κ1) is 24.2. The maximum absolute atomic E-state index is 13.0. The lowest BCUT2D eigenvalue weighted by Crippen LogP contribution is -2.37. The number of likely N-dealkylation sites (N-methyl/N-ethyl adjacent to an activating group) is 1. The molecule has 1 fully saturated rings. The van der Waals surface area contributed by atoms with Gasteiger partial charge in [0.15, 0.2) is 5.82 Å². The number of ether oxygens (including phenoxy) is 1. The van der Waals surface area contributed by atoms with Crippen LogP contribution in [0.25, 0.3) is 27.9 Å². The number of allylic oxidation sites excluding steroid dienone is 1. The third-order valence-corrected chi connectivity index (χ3v) is 6.53. The van der Waals surface area contributed by atoms with Crippen molar-refractivity contribution in [3.8, 4) is 11.4 Å². The van der Waals surface area contributed by atoms with Crippen LogP contribution in [0.1, 0.15) is 29.4 Å². The molecule has 0 spiro atoms. The number of amides is 1. The molecule has 188 valence electrons. The molecular formula is C28H29N7O2. The lowest BCUT2D eigenvalue weighted by atomic mass is 10.1. The molecule has 0 aliphatic carbocycles. The number of nitrogens with zero attached hydrogens (tertiary/aromatic N) is 4. The Labute approximate surface area is 215 Å². The van der Waals surface area contributed by atoms with Gasteiger partial charge in [0.1, 0.15) is 11.5 Å². The number of anilines is 2. The van der Waals surface area contributed by atoms with E-state index < -0.39 is 0 Å². The van der Waals surface area contributed by atoms with E-state index in [0.717, 1.165) is 39.7 Å². The maximum atomic E-state index is 13.0. The Morgan fingerprint density at radius 3 is 2.81 bits per heavy atom. The van der Waals surface area contributed by atoms with Gasteiger partial charge in [-0.25, -0.2) is 9.97 Å². The summed E-state index contributed by atoms with van der Waals surface area (Å²) in [4.78, 5) is 27.2. The summed E-state index contributed by atoms with van der Waals surface area (Å²) < 4.78 is 5.43. The number of rotatable bonds is 8. The van der Waals surface area contributed by atoms with Crippen LogP contribution in [0, 0.1) is 0 Å². The molecule has 2 aromatic carbocycles. The monoisotopic (exact) mass is 495 g/mol. The molecule has 4 aromatic rings. The van der Waals surface area contributed by atoms with Crippen LogP contribution in [-0.4, -0.2) is 58.8 Å². The Balaban J connectivity index is 1.32. The van der Waals surface area contributed by atoms with Crippen molar-refractivity contribution in [2.75, 3.05) is 25.6 Å². The molecule has 0 bridgehead atoms. The van der Waals surface area contributed by atoms with Gasteiger partial charge in [-0.3, -0.25) is 10.2 Å². The van der Waals surface area contributed by atoms with Crippen molar-refractivity contribution in [2.24, 2.45) is 5.10 Å². The first-order valence-corrected chi connectivity index (χ1v) is 12.1. The zero-order valence-corrected chi connectivity index (χ0v) is 20.9. The molecule has 2 aromatic heterocycles. The topological polar surface area (TPSA) is 108 Å². The van der Waals surface area contributed by atoms with Gasteiger partial charge in [0.05, 0.1) is 12.6 Å². The lowest BCUT2D eigenvalue weighted by molar-refractivity contribution is 0.0706. The summed E-state index contributed by atoms with van der Waals surface area (Å²) in [7, 11) is 1.83. The Morgan fingerprint density at radius 1 is 1.22 bits per heavy atom. The smallest absolute Gasteiger partial charge is 0.270 e. The van der Waals surface area contributed by atoms with Crippen LogP contribution in [0.3, 0.4) is 0 Å². The number of carbonyl (C=O) groups excluding carboxylic acids is 1. The van der Waals surface area contributed by atoms with E-state index in [-0.39, 0.29) is 11.9 Å². The predicted molar refractivity (Wildman–Crippen MR) is 147 cm³/mol. The molecule has 1 unspecified atom stereocenters. The molecule has 1 amide bonds. The SMILES string of the molecule is C=NN/C=C(\C)c1ccc(Nc2ccnc(-c3ccc4cc(C(=O)N(C)C5CCOC5)[nH]c4c3)n2)cc1. The van der Waals surface area contributed by atoms with Gasteiger partial charge < -0.3 is 19.9 Å². The van der Waals surface area contributed by atoms with E-state index in [4.69, 9.17) is 9.72 Å². The van der Waals surface area contributed by atoms with Crippen molar-refractivity contribution in [1.29, 1.82) is 0 Å². The second kappa shape index (κ2) is 10.6. The highest BCUT2D eigenvalue weighted by atomic mass is 16.5. The summed E-state index contributed by atoms with van der Waals surface area (Å²) in [5, 5.41) is 7.92. The van der Waals surface area contributed by atoms with Crippen LogP contribution in [0.4, 0.5) is 11.5 Å². The number of fused-ring (bicyclic) bond motifs is 1. The molecule has 5 rings (SSSR count). The van der Waals surface area contributed by atoms with Gasteiger partial charge >= 0.3 is 0 Å². The number of aromatic amines is 1. The van der Waals surface area contributed by atoms with Gasteiger partial charge in [-0.1, -0.05) is 24.3 Å². The van der Waals surface area contributed by atoms with E-state index in [0.29, 0.717) is 30.5 Å². The maximum Gasteiger partial charge on any atom is 0.270 e. The Bertz CT molecular complexity index is 1450. The number of hydrogen-bond acceptors (Lipinski definition) is 7. The van der Waals surface area contributed by atoms with E-state index in [1.807, 2.05) is 68.6 Å². The standard InChI is InChI=1S/C28H29N7O2/c1-18(16-31-29-2)19-6-8-22(9-7-19)32-26-10-12-30-27(34-26)21-5-4-20-14-25(33-24(20)15-21)28(36)35(3)23-11-13-37-17-23/h4-10,12,14-16,23,31,33H,2,11,13,17H2,1,3H3,(H,30,32,34)/b18-16+. The number of aromatic nitrogens is 3. The van der Waals surface area contributed by atoms with Crippen LogP contribution < -0.4 is 10.7 Å². The fourth-order valence-electron chi connectivity index (χ4n) is 4.32. The highest BCUT2D eigenvalue weighted by Gasteiger charge is 2.25. The number of nitrogens with one attached hydrogen (secondary N) is 3. The second-order valence-corrected chi connectivity index (χ2v) is 9.00. The van der Waals surface area contributed by atoms with Crippen molar-refractivity contribution in [3.05, 3.63) is 78.3 Å². The molecule has 3 N–H and O–H groups in total. The van der Waals surface area contributed by atoms with E-state index >= 15 is 0 Å². The number of hydrogen-bond donors (Lipinski definition) is 3. The summed E-state index contributed by atoms with van der Waals surface area (Å²) in [6.07, 6.45) is 4.39. The summed E-state index contributed by atoms with van der Waals surface area (Å²) in [6.45, 7) is 6.69. The van der Waals surface area contributed by atoms with Crippen LogP contribution >= 0.6 is 0 Å². The second-order valence-electron chi connectivity index (χ2n) is 9.00. The molecule has 3 heterocycles. The zero-order valence-electron chi connectivity index (χ0n) is 20.9. The van der Waals surface area contributed by atoms with Crippen molar-refractivity contribution >= 4 is 40.6 Å². The fraction of sp³-hybridized carbons (Fsp3) is 0.214. The quantitative estimate of drug-likeness (QED) is 0.240. The van der Waals surface area contributed by atoms with Crippen molar-refractivity contribution in [1.82, 2.24) is 25.3 Å². The minimum absolute atomic E-state index is 0.0407. The third kappa shape index (κ3) is 5.36. The van der Waals surface area contributed by atoms with Crippen molar-refractivity contribution in [2.45, 2.75) is 19.4 Å². The average Bonchev–Trinajstić information content (AvgIpc) is 3.61. The molecule has 0 saturated carbocycles. The van der Waals surface area contributed by atoms with Crippen molar-refractivity contribution < 1.29 is 9.53 Å². The van der Waals surface area contributed by atoms with E-state index in [1.165, 1.54) is 0 Å². The molecule has 37 heavy (non-hydrogen) atoms. The molecule has 1 aliphatic heterocycles. The minimum atomic E-state index is -0.0407. The molecule has 1 atom stereocenters. The molecule has 0 radical (unpaired) electrons. The summed E-state index contributed by atoms with van der Waals surface area (Å²) in [6, 6.07) is 17.8. The van der Waals surface area contributed by atoms with E-state index in [2.05, 4.69) is 32.5 Å². The fourth-order valence-corrected chi connectivity index (χ4v) is 4.32. The highest BCUT2D eigenvalue weighted by Crippen LogP contribution is 2.25. The molecule has 1 saturated heterocycles. The van der Waals surface area contributed by atoms with Crippen LogP contribution in [0.5, 0.6) is 0 Å². The molecule has 9 heteroatoms. The van der Waals surface area contributed by atoms with Gasteiger partial charge in [-0.15, -0.1) is 0 Å². The van der Waals surface area contributed by atoms with Gasteiger partial charge in [0.2, 0.25) is 0 Å². The van der Waals surface area contributed by atoms with Crippen molar-refractivity contribution in [3.63, 3.8) is 0 Å². The Kier molecular flexibility index (Phi) is 6.96. The van der Waals surface area contributed by atoms with Gasteiger partial charge in [-0.05, 0) is 54.8 Å². The number of carbonyl (C=O) groups is 1. The third-order valence-electron chi connectivity index (χ3n) is 6.53. The normalized spacial score (nSPS) is 15.5. The van der Waals surface area contributed by atoms with Crippen LogP contribution in [0.15, 0.2) is 72.1 Å². The summed E-state index contributed by atoms with van der Waals surface area (Å²) in [5.74, 6) is 1.24. The number of benzene rings is 2. The van der Waals surface area contributed by atoms with E-state index in [1.54, 1.807) is 17.3 Å². The first-order chi connectivity index (χ1) is 18.0. The molecule has 1 aliphatic rings. The minimum Gasteiger partial charge on any atom is -0.379 e. The van der Waals surface area contributed by atoms with Gasteiger partial charge in [0, 0.05) is 54.9 Å². The zero-order chi connectivity index (χ0) is 25.8. The summed E-state index contributed by atoms with van der Waals surface area (Å²) in [5.41, 5.74) is 8.06. The Morgan fingerprint density at radius 2 is 2.05 bits per heavy atom. The predicted octanol–water partition coefficient (Wildman–Crippen LogP) is 4.80. The van der Waals surface area contributed by atoms with E-state index in [9.17, 15) is 4.79 Å². The number of hydrazone groups is 1. The highest BCUT2D eigenvalue weighted by molar-refractivity contribution is 5.98. The van der Waals surface area contributed by atoms with Gasteiger partial charge in [-0.2, -0.15) is 5.10 Å². The molecule has 9 nitrogen and oxygen atoms in total. The first-order valence-electron chi connectivity index (χ1n) is 12.1. The number of H-pyrrole nitrogens is 1. The largest absolute Gasteiger partial charge is 0.379 e. The van der Waals surface area contributed by atoms with Crippen LogP contribution in [0.2, 0.25) is 0 Å². The van der Waals surface area contributed by atoms with Gasteiger partial charge in [0.25, 0.3) is 5.91 Å². The summed E-state index contributed by atoms with van der Waals surface area (Å²) >= 11 is 0. The lowest BCUT2D eigenvalue weighted by Gasteiger charge is -2.22. The molecular weight excluding hydrogens is 466 g/mol. The van der Waals surface area contributed by atoms with Crippen LogP contribution in [-0.2, 0) is 4.74 Å². The average molecular weight is 496 g/mol. The Hall–Kier alpha value is -4.50.